The molecule has 1 atom stereocenters. The lowest BCUT2D eigenvalue weighted by Crippen LogP contribution is -2.62. The van der Waals surface area contributed by atoms with Gasteiger partial charge < -0.3 is 9.64 Å². The van der Waals surface area contributed by atoms with Crippen molar-refractivity contribution in [2.24, 2.45) is 5.41 Å². The van der Waals surface area contributed by atoms with Gasteiger partial charge in [-0.3, -0.25) is 4.18 Å². The number of alkyl halides is 1. The molecule has 0 radical (unpaired) electrons. The number of rotatable bonds is 5. The van der Waals surface area contributed by atoms with Crippen LogP contribution in [0.2, 0.25) is 0 Å². The molecule has 0 spiro atoms. The first-order chi connectivity index (χ1) is 9.88. The fourth-order valence-electron chi connectivity index (χ4n) is 2.01. The van der Waals surface area contributed by atoms with Gasteiger partial charge in [-0.1, -0.05) is 0 Å². The smallest absolute Gasteiger partial charge is 0.410 e. The number of hydrogen-bond donors (Lipinski definition) is 0. The predicted molar refractivity (Wildman–Crippen MR) is 76.2 cm³/mol. The molecule has 126 valence electrons. The van der Waals surface area contributed by atoms with E-state index in [1.165, 1.54) is 4.90 Å². The van der Waals surface area contributed by atoms with Gasteiger partial charge in [-0.25, -0.2) is 9.18 Å². The van der Waals surface area contributed by atoms with Crippen LogP contribution in [0, 0.1) is 16.7 Å². The van der Waals surface area contributed by atoms with Crippen LogP contribution < -0.4 is 0 Å². The van der Waals surface area contributed by atoms with E-state index in [4.69, 9.17) is 4.74 Å². The second-order valence-electron chi connectivity index (χ2n) is 6.39. The summed E-state index contributed by atoms with van der Waals surface area (Å²) in [6.45, 7) is 4.63. The summed E-state index contributed by atoms with van der Waals surface area (Å²) in [4.78, 5) is 13.0. The second kappa shape index (κ2) is 6.38. The standard InChI is InChI=1S/C13H21FN2O5S/c1-12(2,3)21-11(17)16-8-13(7-15,9-16)10(14)5-6-20-22(4,18)19/h10H,5-6,8-9H2,1-4H3. The van der Waals surface area contributed by atoms with Gasteiger partial charge in [0.2, 0.25) is 0 Å². The highest BCUT2D eigenvalue weighted by atomic mass is 32.2. The Bertz CT molecular complexity index is 558. The summed E-state index contributed by atoms with van der Waals surface area (Å²) in [7, 11) is -3.64. The van der Waals surface area contributed by atoms with Crippen molar-refractivity contribution in [3.63, 3.8) is 0 Å². The van der Waals surface area contributed by atoms with E-state index in [9.17, 15) is 22.9 Å². The first-order valence-electron chi connectivity index (χ1n) is 6.76. The summed E-state index contributed by atoms with van der Waals surface area (Å²) >= 11 is 0. The van der Waals surface area contributed by atoms with E-state index in [1.54, 1.807) is 20.8 Å². The fraction of sp³-hybridized carbons (Fsp3) is 0.846. The first-order valence-corrected chi connectivity index (χ1v) is 8.58. The number of carbonyl (C=O) groups is 1. The summed E-state index contributed by atoms with van der Waals surface area (Å²) in [5, 5.41) is 9.17. The lowest BCUT2D eigenvalue weighted by Gasteiger charge is -2.46. The van der Waals surface area contributed by atoms with Crippen molar-refractivity contribution in [3.05, 3.63) is 0 Å². The Labute approximate surface area is 130 Å². The largest absolute Gasteiger partial charge is 0.444 e. The number of likely N-dealkylation sites (tertiary alicyclic amines) is 1. The van der Waals surface area contributed by atoms with Gasteiger partial charge >= 0.3 is 6.09 Å². The summed E-state index contributed by atoms with van der Waals surface area (Å²) in [5.74, 6) is 0. The van der Waals surface area contributed by atoms with Gasteiger partial charge in [-0.15, -0.1) is 0 Å². The minimum atomic E-state index is -3.64. The van der Waals surface area contributed by atoms with E-state index in [-0.39, 0.29) is 26.1 Å². The van der Waals surface area contributed by atoms with E-state index in [0.717, 1.165) is 6.26 Å². The molecule has 1 saturated heterocycles. The molecular formula is C13H21FN2O5S. The number of hydrogen-bond acceptors (Lipinski definition) is 6. The van der Waals surface area contributed by atoms with E-state index >= 15 is 0 Å². The van der Waals surface area contributed by atoms with Gasteiger partial charge in [-0.05, 0) is 20.8 Å². The van der Waals surface area contributed by atoms with Gasteiger partial charge in [0.1, 0.15) is 17.2 Å². The molecular weight excluding hydrogens is 315 g/mol. The topological polar surface area (TPSA) is 96.7 Å². The number of carbonyl (C=O) groups excluding carboxylic acids is 1. The molecule has 22 heavy (non-hydrogen) atoms. The molecule has 7 nitrogen and oxygen atoms in total. The van der Waals surface area contributed by atoms with Gasteiger partial charge in [0.05, 0.1) is 18.9 Å². The van der Waals surface area contributed by atoms with Crippen molar-refractivity contribution in [3.8, 4) is 6.07 Å². The number of amides is 1. The average Bonchev–Trinajstić information content (AvgIpc) is 2.23. The highest BCUT2D eigenvalue weighted by molar-refractivity contribution is 7.85. The van der Waals surface area contributed by atoms with Gasteiger partial charge in [0.15, 0.2) is 0 Å². The molecule has 1 heterocycles. The number of ether oxygens (including phenoxy) is 1. The lowest BCUT2D eigenvalue weighted by atomic mass is 9.76. The molecule has 1 amide bonds. The van der Waals surface area contributed by atoms with Crippen LogP contribution in [-0.2, 0) is 19.0 Å². The molecule has 1 unspecified atom stereocenters. The van der Waals surface area contributed by atoms with Crippen molar-refractivity contribution in [2.45, 2.75) is 39.0 Å². The zero-order chi connectivity index (χ0) is 17.2. The quantitative estimate of drug-likeness (QED) is 0.705. The van der Waals surface area contributed by atoms with Crippen LogP contribution in [0.4, 0.5) is 9.18 Å². The highest BCUT2D eigenvalue weighted by Crippen LogP contribution is 2.37. The van der Waals surface area contributed by atoms with E-state index in [1.807, 2.05) is 6.07 Å². The maximum atomic E-state index is 14.2. The maximum Gasteiger partial charge on any atom is 0.410 e. The molecule has 0 aromatic carbocycles. The zero-order valence-corrected chi connectivity index (χ0v) is 13.9. The first kappa shape index (κ1) is 18.6. The third-order valence-corrected chi connectivity index (χ3v) is 3.68. The van der Waals surface area contributed by atoms with Gasteiger partial charge in [-0.2, -0.15) is 13.7 Å². The maximum absolute atomic E-state index is 14.2. The zero-order valence-electron chi connectivity index (χ0n) is 13.1. The van der Waals surface area contributed by atoms with Crippen LogP contribution in [0.1, 0.15) is 27.2 Å². The van der Waals surface area contributed by atoms with E-state index < -0.39 is 33.4 Å². The Kier molecular flexibility index (Phi) is 5.41. The lowest BCUT2D eigenvalue weighted by molar-refractivity contribution is -0.0439. The van der Waals surface area contributed by atoms with E-state index in [0.29, 0.717) is 0 Å². The molecule has 1 aliphatic heterocycles. The monoisotopic (exact) mass is 336 g/mol. The molecule has 0 aromatic heterocycles. The molecule has 0 saturated carbocycles. The molecule has 0 aromatic rings. The number of nitriles is 1. The van der Waals surface area contributed by atoms with Gasteiger partial charge in [0.25, 0.3) is 10.1 Å². The Morgan fingerprint density at radius 3 is 2.41 bits per heavy atom. The SMILES string of the molecule is CC(C)(C)OC(=O)N1CC(C#N)(C(F)CCOS(C)(=O)=O)C1. The Hall–Kier alpha value is -1.40. The molecule has 1 aliphatic rings. The molecule has 0 N–H and O–H groups in total. The van der Waals surface area contributed by atoms with Crippen molar-refractivity contribution >= 4 is 16.2 Å². The minimum Gasteiger partial charge on any atom is -0.444 e. The average molecular weight is 336 g/mol. The number of nitrogens with zero attached hydrogens (tertiary/aromatic N) is 2. The molecule has 0 aliphatic carbocycles. The van der Waals surface area contributed by atoms with Crippen LogP contribution in [0.3, 0.4) is 0 Å². The second-order valence-corrected chi connectivity index (χ2v) is 8.03. The summed E-state index contributed by atoms with van der Waals surface area (Å²) < 4.78 is 45.4. The van der Waals surface area contributed by atoms with Gasteiger partial charge in [0, 0.05) is 19.5 Å². The molecule has 9 heteroatoms. The minimum absolute atomic E-state index is 0.0849. The van der Waals surface area contributed by atoms with Crippen LogP contribution in [0.5, 0.6) is 0 Å². The van der Waals surface area contributed by atoms with Crippen LogP contribution in [-0.4, -0.2) is 57.1 Å². The van der Waals surface area contributed by atoms with Crippen molar-refractivity contribution in [1.29, 1.82) is 5.26 Å². The van der Waals surface area contributed by atoms with E-state index in [2.05, 4.69) is 4.18 Å². The predicted octanol–water partition coefficient (Wildman–Crippen LogP) is 1.45. The fourth-order valence-corrected chi connectivity index (χ4v) is 2.41. The third-order valence-electron chi connectivity index (χ3n) is 3.09. The third kappa shape index (κ3) is 5.10. The normalized spacial score (nSPS) is 19.0. The summed E-state index contributed by atoms with van der Waals surface area (Å²) in [6.07, 6.45) is -1.55. The van der Waals surface area contributed by atoms with Crippen LogP contribution in [0.25, 0.3) is 0 Å². The summed E-state index contributed by atoms with van der Waals surface area (Å²) in [5.41, 5.74) is -2.00. The van der Waals surface area contributed by atoms with Crippen LogP contribution >= 0.6 is 0 Å². The Morgan fingerprint density at radius 1 is 1.45 bits per heavy atom. The number of halogens is 1. The van der Waals surface area contributed by atoms with Crippen molar-refractivity contribution < 1.29 is 26.5 Å². The highest BCUT2D eigenvalue weighted by Gasteiger charge is 2.52. The van der Waals surface area contributed by atoms with Crippen molar-refractivity contribution in [1.82, 2.24) is 4.90 Å². The molecule has 1 rings (SSSR count). The van der Waals surface area contributed by atoms with Crippen LogP contribution in [0.15, 0.2) is 0 Å². The molecule has 1 fully saturated rings. The molecule has 0 bridgehead atoms. The summed E-state index contributed by atoms with van der Waals surface area (Å²) in [6, 6.07) is 1.88. The van der Waals surface area contributed by atoms with Crippen molar-refractivity contribution in [2.75, 3.05) is 26.0 Å². The Balaban J connectivity index is 2.53. The Morgan fingerprint density at radius 2 is 2.00 bits per heavy atom.